The van der Waals surface area contributed by atoms with Crippen molar-refractivity contribution in [2.45, 2.75) is 10.8 Å². The van der Waals surface area contributed by atoms with Crippen molar-refractivity contribution < 1.29 is 4.42 Å². The molecule has 0 fully saturated rings. The maximum absolute atomic E-state index is 5.83. The molecule has 0 bridgehead atoms. The molecule has 0 saturated heterocycles. The lowest BCUT2D eigenvalue weighted by Gasteiger charge is -2.00. The summed E-state index contributed by atoms with van der Waals surface area (Å²) in [5.41, 5.74) is 8.19. The van der Waals surface area contributed by atoms with Gasteiger partial charge < -0.3 is 10.2 Å². The molecule has 0 saturated carbocycles. The van der Waals surface area contributed by atoms with Crippen LogP contribution in [0.1, 0.15) is 5.89 Å². The number of pyridine rings is 1. The lowest BCUT2D eigenvalue weighted by Crippen LogP contribution is -1.91. The Morgan fingerprint density at radius 2 is 2.06 bits per heavy atom. The largest absolute Gasteiger partial charge is 0.440 e. The van der Waals surface area contributed by atoms with Crippen molar-refractivity contribution in [2.24, 2.45) is 0 Å². The second kappa shape index (κ2) is 4.70. The smallest absolute Gasteiger partial charge is 0.205 e. The molecule has 0 aliphatic carbocycles. The van der Waals surface area contributed by atoms with E-state index >= 15 is 0 Å². The Kier molecular flexibility index (Phi) is 2.90. The second-order valence-corrected chi connectivity index (χ2v) is 4.73. The molecule has 2 N–H and O–H groups in total. The predicted octanol–water partition coefficient (Wildman–Crippen LogP) is 3.10. The second-order valence-electron chi connectivity index (χ2n) is 3.76. The number of anilines is 1. The van der Waals surface area contributed by atoms with Crippen molar-refractivity contribution in [1.29, 1.82) is 0 Å². The van der Waals surface area contributed by atoms with Crippen LogP contribution in [-0.4, -0.2) is 9.97 Å². The quantitative estimate of drug-likeness (QED) is 0.730. The Morgan fingerprint density at radius 3 is 2.89 bits per heavy atom. The summed E-state index contributed by atoms with van der Waals surface area (Å²) < 4.78 is 5.63. The number of thioether (sulfide) groups is 1. The molecule has 4 nitrogen and oxygen atoms in total. The molecule has 1 aromatic carbocycles. The first-order chi connectivity index (χ1) is 8.83. The third-order valence-corrected chi connectivity index (χ3v) is 3.48. The number of rotatable bonds is 3. The summed E-state index contributed by atoms with van der Waals surface area (Å²) in [6, 6.07) is 11.4. The van der Waals surface area contributed by atoms with Crippen molar-refractivity contribution >= 4 is 28.5 Å². The van der Waals surface area contributed by atoms with Gasteiger partial charge in [-0.15, -0.1) is 0 Å². The number of fused-ring (bicyclic) bond motifs is 1. The van der Waals surface area contributed by atoms with Gasteiger partial charge in [0.05, 0.1) is 11.4 Å². The van der Waals surface area contributed by atoms with Crippen LogP contribution in [0.15, 0.2) is 52.0 Å². The summed E-state index contributed by atoms with van der Waals surface area (Å²) >= 11 is 1.52. The highest BCUT2D eigenvalue weighted by Crippen LogP contribution is 2.26. The normalized spacial score (nSPS) is 10.9. The first kappa shape index (κ1) is 11.1. The summed E-state index contributed by atoms with van der Waals surface area (Å²) in [6.07, 6.45) is 1.73. The molecule has 0 unspecified atom stereocenters. The number of nitrogen functional groups attached to an aromatic ring is 1. The lowest BCUT2D eigenvalue weighted by molar-refractivity contribution is 0.556. The average Bonchev–Trinajstić information content (AvgIpc) is 2.80. The third kappa shape index (κ3) is 2.17. The highest BCUT2D eigenvalue weighted by molar-refractivity contribution is 7.98. The van der Waals surface area contributed by atoms with Crippen LogP contribution in [-0.2, 0) is 5.75 Å². The number of benzene rings is 1. The van der Waals surface area contributed by atoms with Gasteiger partial charge >= 0.3 is 0 Å². The van der Waals surface area contributed by atoms with Gasteiger partial charge in [0.25, 0.3) is 0 Å². The van der Waals surface area contributed by atoms with E-state index in [9.17, 15) is 0 Å². The van der Waals surface area contributed by atoms with Gasteiger partial charge in [0, 0.05) is 6.20 Å². The summed E-state index contributed by atoms with van der Waals surface area (Å²) in [6.45, 7) is 0. The van der Waals surface area contributed by atoms with E-state index in [4.69, 9.17) is 10.2 Å². The number of hydrogen-bond donors (Lipinski definition) is 1. The van der Waals surface area contributed by atoms with Crippen LogP contribution in [0, 0.1) is 0 Å². The SMILES string of the molecule is Nc1cccnc1SCc1nc2ccccc2o1. The molecule has 0 amide bonds. The molecule has 0 aliphatic heterocycles. The van der Waals surface area contributed by atoms with Gasteiger partial charge in [0.2, 0.25) is 5.89 Å². The highest BCUT2D eigenvalue weighted by atomic mass is 32.2. The Hall–Kier alpha value is -2.01. The average molecular weight is 257 g/mol. The molecule has 2 aromatic heterocycles. The molecule has 5 heteroatoms. The van der Waals surface area contributed by atoms with E-state index in [1.807, 2.05) is 36.4 Å². The van der Waals surface area contributed by atoms with Crippen molar-refractivity contribution in [3.05, 3.63) is 48.5 Å². The predicted molar refractivity (Wildman–Crippen MR) is 72.2 cm³/mol. The van der Waals surface area contributed by atoms with E-state index in [0.717, 1.165) is 16.1 Å². The van der Waals surface area contributed by atoms with Gasteiger partial charge in [-0.1, -0.05) is 23.9 Å². The fraction of sp³-hybridized carbons (Fsp3) is 0.0769. The Bertz CT molecular complexity index is 648. The molecular weight excluding hydrogens is 246 g/mol. The molecule has 0 radical (unpaired) electrons. The molecule has 3 aromatic rings. The number of aromatic nitrogens is 2. The highest BCUT2D eigenvalue weighted by Gasteiger charge is 2.07. The zero-order valence-electron chi connectivity index (χ0n) is 9.54. The Balaban J connectivity index is 1.79. The minimum absolute atomic E-state index is 0.621. The summed E-state index contributed by atoms with van der Waals surface area (Å²) in [4.78, 5) is 8.62. The van der Waals surface area contributed by atoms with Gasteiger partial charge in [-0.25, -0.2) is 9.97 Å². The number of nitrogens with two attached hydrogens (primary N) is 1. The van der Waals surface area contributed by atoms with E-state index in [1.54, 1.807) is 6.20 Å². The molecule has 2 heterocycles. The van der Waals surface area contributed by atoms with E-state index in [-0.39, 0.29) is 0 Å². The fourth-order valence-corrected chi connectivity index (χ4v) is 2.39. The van der Waals surface area contributed by atoms with Gasteiger partial charge in [0.15, 0.2) is 5.58 Å². The van der Waals surface area contributed by atoms with Crippen LogP contribution in [0.3, 0.4) is 0 Å². The van der Waals surface area contributed by atoms with Gasteiger partial charge in [-0.2, -0.15) is 0 Å². The molecule has 18 heavy (non-hydrogen) atoms. The summed E-state index contributed by atoms with van der Waals surface area (Å²) in [5.74, 6) is 1.31. The molecule has 0 aliphatic rings. The molecule has 3 rings (SSSR count). The number of hydrogen-bond acceptors (Lipinski definition) is 5. The van der Waals surface area contributed by atoms with Crippen LogP contribution in [0.4, 0.5) is 5.69 Å². The first-order valence-electron chi connectivity index (χ1n) is 5.50. The van der Waals surface area contributed by atoms with Gasteiger partial charge in [-0.05, 0) is 24.3 Å². The standard InChI is InChI=1S/C13H11N3OS/c14-9-4-3-7-15-13(9)18-8-12-16-10-5-1-2-6-11(10)17-12/h1-7H,8,14H2. The maximum Gasteiger partial charge on any atom is 0.205 e. The van der Waals surface area contributed by atoms with Crippen LogP contribution in [0.5, 0.6) is 0 Å². The van der Waals surface area contributed by atoms with Crippen molar-refractivity contribution in [3.63, 3.8) is 0 Å². The number of para-hydroxylation sites is 2. The number of oxazole rings is 1. The summed E-state index contributed by atoms with van der Waals surface area (Å²) in [7, 11) is 0. The molecule has 90 valence electrons. The van der Waals surface area contributed by atoms with Gasteiger partial charge in [0.1, 0.15) is 10.5 Å². The van der Waals surface area contributed by atoms with Crippen LogP contribution in [0.2, 0.25) is 0 Å². The summed E-state index contributed by atoms with van der Waals surface area (Å²) in [5, 5.41) is 0.805. The lowest BCUT2D eigenvalue weighted by atomic mass is 10.3. The zero-order chi connectivity index (χ0) is 12.4. The van der Waals surface area contributed by atoms with Crippen LogP contribution in [0.25, 0.3) is 11.1 Å². The Morgan fingerprint density at radius 1 is 1.17 bits per heavy atom. The van der Waals surface area contributed by atoms with E-state index in [2.05, 4.69) is 9.97 Å². The third-order valence-electron chi connectivity index (χ3n) is 2.47. The maximum atomic E-state index is 5.83. The van der Waals surface area contributed by atoms with Crippen molar-refractivity contribution in [1.82, 2.24) is 9.97 Å². The van der Waals surface area contributed by atoms with Crippen molar-refractivity contribution in [3.8, 4) is 0 Å². The molecule has 0 atom stereocenters. The minimum atomic E-state index is 0.621. The molecule has 0 spiro atoms. The van der Waals surface area contributed by atoms with E-state index < -0.39 is 0 Å². The monoisotopic (exact) mass is 257 g/mol. The minimum Gasteiger partial charge on any atom is -0.440 e. The zero-order valence-corrected chi connectivity index (χ0v) is 10.4. The van der Waals surface area contributed by atoms with E-state index in [1.165, 1.54) is 11.8 Å². The van der Waals surface area contributed by atoms with E-state index in [0.29, 0.717) is 17.3 Å². The molecular formula is C13H11N3OS. The first-order valence-corrected chi connectivity index (χ1v) is 6.49. The Labute approximate surface area is 108 Å². The topological polar surface area (TPSA) is 64.9 Å². The van der Waals surface area contributed by atoms with Crippen LogP contribution >= 0.6 is 11.8 Å². The fourth-order valence-electron chi connectivity index (χ4n) is 1.64. The van der Waals surface area contributed by atoms with Gasteiger partial charge in [-0.3, -0.25) is 0 Å². The van der Waals surface area contributed by atoms with Crippen molar-refractivity contribution in [2.75, 3.05) is 5.73 Å². The number of nitrogens with zero attached hydrogens (tertiary/aromatic N) is 2. The van der Waals surface area contributed by atoms with Crippen LogP contribution < -0.4 is 5.73 Å².